The molecule has 0 saturated carbocycles. The van der Waals surface area contributed by atoms with E-state index in [1.807, 2.05) is 30.3 Å². The summed E-state index contributed by atoms with van der Waals surface area (Å²) in [6.07, 6.45) is 2.45. The Morgan fingerprint density at radius 3 is 2.93 bits per heavy atom. The lowest BCUT2D eigenvalue weighted by Gasteiger charge is -2.18. The molecule has 0 atom stereocenters. The Balaban J connectivity index is 1.45. The van der Waals surface area contributed by atoms with Crippen LogP contribution in [0.1, 0.15) is 11.1 Å². The van der Waals surface area contributed by atoms with Crippen LogP contribution in [0.4, 0.5) is 14.9 Å². The van der Waals surface area contributed by atoms with Gasteiger partial charge in [-0.2, -0.15) is 0 Å². The van der Waals surface area contributed by atoms with Gasteiger partial charge in [-0.15, -0.1) is 0 Å². The Hall–Kier alpha value is -3.41. The summed E-state index contributed by atoms with van der Waals surface area (Å²) in [5.74, 6) is 0.311. The van der Waals surface area contributed by atoms with E-state index in [4.69, 9.17) is 4.74 Å². The molecule has 0 spiro atoms. The number of hydrogen-bond acceptors (Lipinski definition) is 3. The monoisotopic (exact) mass is 363 g/mol. The van der Waals surface area contributed by atoms with Gasteiger partial charge in [-0.3, -0.25) is 4.90 Å². The minimum Gasteiger partial charge on any atom is -0.439 e. The maximum Gasteiger partial charge on any atom is 0.322 e. The molecule has 4 rings (SSSR count). The van der Waals surface area contributed by atoms with Crippen molar-refractivity contribution in [2.45, 2.75) is 13.0 Å². The van der Waals surface area contributed by atoms with Gasteiger partial charge in [-0.05, 0) is 36.2 Å². The molecule has 1 aliphatic heterocycles. The molecule has 6 heteroatoms. The van der Waals surface area contributed by atoms with Gasteiger partial charge in [0.1, 0.15) is 11.6 Å². The van der Waals surface area contributed by atoms with Crippen LogP contribution in [0.3, 0.4) is 0 Å². The normalized spacial score (nSPS) is 12.6. The molecule has 1 aromatic heterocycles. The number of ether oxygens (including phenoxy) is 1. The first kappa shape index (κ1) is 17.0. The van der Waals surface area contributed by atoms with Gasteiger partial charge in [0, 0.05) is 36.6 Å². The number of pyridine rings is 1. The SMILES string of the molecule is O=C(NCc1cccnc1Oc1cccc(F)c1)N1CCc2ccccc21. The van der Waals surface area contributed by atoms with E-state index in [2.05, 4.69) is 10.3 Å². The molecule has 0 bridgehead atoms. The highest BCUT2D eigenvalue weighted by Gasteiger charge is 2.24. The van der Waals surface area contributed by atoms with Crippen LogP contribution < -0.4 is 15.0 Å². The number of fused-ring (bicyclic) bond motifs is 1. The number of para-hydroxylation sites is 1. The molecule has 0 unspecified atom stereocenters. The summed E-state index contributed by atoms with van der Waals surface area (Å²) in [6.45, 7) is 0.918. The Bertz CT molecular complexity index is 977. The van der Waals surface area contributed by atoms with Gasteiger partial charge in [-0.1, -0.05) is 30.3 Å². The first-order valence-corrected chi connectivity index (χ1v) is 8.71. The van der Waals surface area contributed by atoms with Gasteiger partial charge in [-0.25, -0.2) is 14.2 Å². The molecule has 1 N–H and O–H groups in total. The number of halogens is 1. The number of nitrogens with zero attached hydrogens (tertiary/aromatic N) is 2. The molecule has 0 radical (unpaired) electrons. The largest absolute Gasteiger partial charge is 0.439 e. The van der Waals surface area contributed by atoms with Gasteiger partial charge in [0.05, 0.1) is 0 Å². The second kappa shape index (κ2) is 7.45. The van der Waals surface area contributed by atoms with E-state index >= 15 is 0 Å². The molecular formula is C21H18FN3O2. The summed E-state index contributed by atoms with van der Waals surface area (Å²) in [7, 11) is 0. The Morgan fingerprint density at radius 2 is 2.04 bits per heavy atom. The third-order valence-electron chi connectivity index (χ3n) is 4.42. The van der Waals surface area contributed by atoms with E-state index in [1.165, 1.54) is 17.7 Å². The third kappa shape index (κ3) is 3.74. The van der Waals surface area contributed by atoms with Crippen LogP contribution in [0.25, 0.3) is 0 Å². The Morgan fingerprint density at radius 1 is 1.15 bits per heavy atom. The molecular weight excluding hydrogens is 345 g/mol. The van der Waals surface area contributed by atoms with E-state index in [0.29, 0.717) is 23.7 Å². The lowest BCUT2D eigenvalue weighted by atomic mass is 10.2. The van der Waals surface area contributed by atoms with E-state index in [9.17, 15) is 9.18 Å². The van der Waals surface area contributed by atoms with Crippen LogP contribution >= 0.6 is 0 Å². The predicted octanol–water partition coefficient (Wildman–Crippen LogP) is 4.29. The summed E-state index contributed by atoms with van der Waals surface area (Å²) >= 11 is 0. The molecule has 3 aromatic rings. The van der Waals surface area contributed by atoms with Crippen molar-refractivity contribution in [3.05, 3.63) is 83.8 Å². The minimum atomic E-state index is -0.383. The average molecular weight is 363 g/mol. The Kier molecular flexibility index (Phi) is 4.70. The van der Waals surface area contributed by atoms with Crippen molar-refractivity contribution in [1.82, 2.24) is 10.3 Å². The average Bonchev–Trinajstić information content (AvgIpc) is 3.11. The number of amides is 2. The van der Waals surface area contributed by atoms with Crippen LogP contribution in [0.15, 0.2) is 66.9 Å². The lowest BCUT2D eigenvalue weighted by molar-refractivity contribution is 0.246. The fourth-order valence-corrected chi connectivity index (χ4v) is 3.11. The van der Waals surface area contributed by atoms with E-state index < -0.39 is 0 Å². The van der Waals surface area contributed by atoms with Gasteiger partial charge in [0.2, 0.25) is 5.88 Å². The smallest absolute Gasteiger partial charge is 0.322 e. The van der Waals surface area contributed by atoms with Crippen molar-refractivity contribution in [1.29, 1.82) is 0 Å². The zero-order valence-electron chi connectivity index (χ0n) is 14.6. The van der Waals surface area contributed by atoms with E-state index in [-0.39, 0.29) is 18.4 Å². The number of aromatic nitrogens is 1. The standard InChI is InChI=1S/C21H18FN3O2/c22-17-7-3-8-18(13-17)27-20-16(6-4-11-23-20)14-24-21(26)25-12-10-15-5-1-2-9-19(15)25/h1-9,11,13H,10,12,14H2,(H,24,26). The molecule has 2 aromatic carbocycles. The second-order valence-corrected chi connectivity index (χ2v) is 6.22. The first-order chi connectivity index (χ1) is 13.2. The van der Waals surface area contributed by atoms with E-state index in [0.717, 1.165) is 12.1 Å². The zero-order chi connectivity index (χ0) is 18.6. The molecule has 0 fully saturated rings. The number of hydrogen-bond donors (Lipinski definition) is 1. The number of benzene rings is 2. The van der Waals surface area contributed by atoms with Crippen molar-refractivity contribution >= 4 is 11.7 Å². The fraction of sp³-hybridized carbons (Fsp3) is 0.143. The number of nitrogens with one attached hydrogen (secondary N) is 1. The summed E-state index contributed by atoms with van der Waals surface area (Å²) < 4.78 is 19.0. The van der Waals surface area contributed by atoms with Crippen LogP contribution in [-0.2, 0) is 13.0 Å². The van der Waals surface area contributed by atoms with Crippen LogP contribution in [-0.4, -0.2) is 17.6 Å². The third-order valence-corrected chi connectivity index (χ3v) is 4.42. The van der Waals surface area contributed by atoms with Gasteiger partial charge < -0.3 is 10.1 Å². The summed E-state index contributed by atoms with van der Waals surface area (Å²) in [5, 5.41) is 2.91. The van der Waals surface area contributed by atoms with Crippen molar-refractivity contribution in [2.24, 2.45) is 0 Å². The number of rotatable bonds is 4. The fourth-order valence-electron chi connectivity index (χ4n) is 3.11. The number of carbonyl (C=O) groups is 1. The quantitative estimate of drug-likeness (QED) is 0.752. The molecule has 2 heterocycles. The Labute approximate surface area is 156 Å². The van der Waals surface area contributed by atoms with Crippen molar-refractivity contribution in [2.75, 3.05) is 11.4 Å². The highest BCUT2D eigenvalue weighted by atomic mass is 19.1. The first-order valence-electron chi connectivity index (χ1n) is 8.71. The van der Waals surface area contributed by atoms with Crippen LogP contribution in [0, 0.1) is 5.82 Å². The van der Waals surface area contributed by atoms with Crippen molar-refractivity contribution in [3.63, 3.8) is 0 Å². The van der Waals surface area contributed by atoms with Crippen LogP contribution in [0.2, 0.25) is 0 Å². The maximum atomic E-state index is 13.4. The summed E-state index contributed by atoms with van der Waals surface area (Å²) in [5.41, 5.74) is 2.82. The molecule has 5 nitrogen and oxygen atoms in total. The highest BCUT2D eigenvalue weighted by molar-refractivity contribution is 5.94. The lowest BCUT2D eigenvalue weighted by Crippen LogP contribution is -2.38. The van der Waals surface area contributed by atoms with Crippen molar-refractivity contribution < 1.29 is 13.9 Å². The minimum absolute atomic E-state index is 0.166. The molecule has 0 aliphatic carbocycles. The highest BCUT2D eigenvalue weighted by Crippen LogP contribution is 2.28. The summed E-state index contributed by atoms with van der Waals surface area (Å²) in [4.78, 5) is 18.5. The zero-order valence-corrected chi connectivity index (χ0v) is 14.6. The molecule has 1 aliphatic rings. The molecule has 136 valence electrons. The molecule has 27 heavy (non-hydrogen) atoms. The van der Waals surface area contributed by atoms with E-state index in [1.54, 1.807) is 29.3 Å². The second-order valence-electron chi connectivity index (χ2n) is 6.22. The summed E-state index contributed by atoms with van der Waals surface area (Å²) in [6, 6.07) is 17.2. The topological polar surface area (TPSA) is 54.5 Å². The van der Waals surface area contributed by atoms with Gasteiger partial charge in [0.15, 0.2) is 0 Å². The predicted molar refractivity (Wildman–Crippen MR) is 100 cm³/mol. The van der Waals surface area contributed by atoms with Crippen LogP contribution in [0.5, 0.6) is 11.6 Å². The number of anilines is 1. The number of urea groups is 1. The molecule has 2 amide bonds. The molecule has 0 saturated heterocycles. The number of carbonyl (C=O) groups excluding carboxylic acids is 1. The maximum absolute atomic E-state index is 13.4. The van der Waals surface area contributed by atoms with Crippen molar-refractivity contribution in [3.8, 4) is 11.6 Å². The van der Waals surface area contributed by atoms with Gasteiger partial charge in [0.25, 0.3) is 0 Å². The van der Waals surface area contributed by atoms with Gasteiger partial charge >= 0.3 is 6.03 Å².